The molecule has 1 aromatic carbocycles. The van der Waals surface area contributed by atoms with E-state index in [2.05, 4.69) is 0 Å². The first-order chi connectivity index (χ1) is 5.65. The van der Waals surface area contributed by atoms with Gasteiger partial charge in [0.15, 0.2) is 0 Å². The molecule has 1 rings (SSSR count). The molecule has 0 unspecified atom stereocenters. The van der Waals surface area contributed by atoms with Crippen LogP contribution in [-0.4, -0.2) is 12.9 Å². The lowest BCUT2D eigenvalue weighted by Crippen LogP contribution is -2.11. The first kappa shape index (κ1) is 12.1. The summed E-state index contributed by atoms with van der Waals surface area (Å²) >= 11 is 5.80. The van der Waals surface area contributed by atoms with E-state index in [9.17, 15) is 0 Å². The van der Waals surface area contributed by atoms with Crippen LogP contribution < -0.4 is 10.5 Å². The first-order valence-corrected chi connectivity index (χ1v) is 3.71. The number of ether oxygens (including phenoxy) is 1. The molecule has 0 aliphatic heterocycles. The zero-order chi connectivity index (χ0) is 9.14. The van der Waals surface area contributed by atoms with Crippen molar-refractivity contribution in [3.05, 3.63) is 28.8 Å². The van der Waals surface area contributed by atoms with Gasteiger partial charge in [0.25, 0.3) is 0 Å². The van der Waals surface area contributed by atoms with Crippen LogP contribution in [0.3, 0.4) is 0 Å². The summed E-state index contributed by atoms with van der Waals surface area (Å²) in [5.41, 5.74) is 5.79. The van der Waals surface area contributed by atoms with Gasteiger partial charge in [0.05, 0.1) is 12.1 Å². The second kappa shape index (κ2) is 4.94. The lowest BCUT2D eigenvalue weighted by molar-refractivity contribution is 0.415. The van der Waals surface area contributed by atoms with Gasteiger partial charge >= 0.3 is 0 Å². The summed E-state index contributed by atoms with van der Waals surface area (Å²) in [5, 5.41) is 7.59. The molecule has 1 aromatic rings. The molecule has 5 heteroatoms. The van der Waals surface area contributed by atoms with Crippen molar-refractivity contribution in [2.45, 2.75) is 0 Å². The number of halogens is 2. The van der Waals surface area contributed by atoms with Gasteiger partial charge in [-0.1, -0.05) is 11.6 Å². The number of nitrogens with two attached hydrogens (primary N) is 1. The summed E-state index contributed by atoms with van der Waals surface area (Å²) in [4.78, 5) is 0. The minimum atomic E-state index is -0.0392. The van der Waals surface area contributed by atoms with E-state index < -0.39 is 0 Å². The number of rotatable bonds is 2. The number of amidine groups is 1. The average molecular weight is 221 g/mol. The van der Waals surface area contributed by atoms with E-state index in [1.807, 2.05) is 0 Å². The van der Waals surface area contributed by atoms with Gasteiger partial charge in [-0.3, -0.25) is 5.41 Å². The van der Waals surface area contributed by atoms with Gasteiger partial charge in [0, 0.05) is 5.56 Å². The van der Waals surface area contributed by atoms with Crippen molar-refractivity contribution in [3.63, 3.8) is 0 Å². The van der Waals surface area contributed by atoms with Crippen LogP contribution in [0.2, 0.25) is 5.02 Å². The minimum Gasteiger partial charge on any atom is -0.497 e. The molecule has 3 nitrogen and oxygen atoms in total. The predicted octanol–water partition coefficient (Wildman–Crippen LogP) is 2.05. The van der Waals surface area contributed by atoms with E-state index in [0.29, 0.717) is 16.3 Å². The highest BCUT2D eigenvalue weighted by molar-refractivity contribution is 6.34. The van der Waals surface area contributed by atoms with Crippen molar-refractivity contribution in [1.82, 2.24) is 0 Å². The molecule has 0 saturated heterocycles. The fourth-order valence-corrected chi connectivity index (χ4v) is 1.11. The van der Waals surface area contributed by atoms with Crippen molar-refractivity contribution in [2.24, 2.45) is 5.73 Å². The molecule has 72 valence electrons. The van der Waals surface area contributed by atoms with E-state index in [1.54, 1.807) is 25.3 Å². The van der Waals surface area contributed by atoms with Gasteiger partial charge in [-0.25, -0.2) is 0 Å². The highest BCUT2D eigenvalue weighted by Gasteiger charge is 2.03. The summed E-state index contributed by atoms with van der Waals surface area (Å²) in [5.74, 6) is 0.618. The summed E-state index contributed by atoms with van der Waals surface area (Å²) in [6.07, 6.45) is 0. The normalized spacial score (nSPS) is 8.77. The van der Waals surface area contributed by atoms with Crippen LogP contribution in [0.5, 0.6) is 5.75 Å². The molecular formula is C8H10Cl2N2O. The molecule has 0 radical (unpaired) electrons. The monoisotopic (exact) mass is 220 g/mol. The third-order valence-electron chi connectivity index (χ3n) is 1.47. The van der Waals surface area contributed by atoms with Gasteiger partial charge in [-0.2, -0.15) is 0 Å². The largest absolute Gasteiger partial charge is 0.497 e. The van der Waals surface area contributed by atoms with Crippen LogP contribution in [0, 0.1) is 5.41 Å². The Morgan fingerprint density at radius 2 is 2.15 bits per heavy atom. The molecule has 0 bridgehead atoms. The van der Waals surface area contributed by atoms with E-state index in [1.165, 1.54) is 0 Å². The maximum atomic E-state index is 7.16. The molecule has 0 aliphatic rings. The smallest absolute Gasteiger partial charge is 0.124 e. The zero-order valence-electron chi connectivity index (χ0n) is 7.00. The molecule has 0 atom stereocenters. The number of hydrogen-bond donors (Lipinski definition) is 2. The molecule has 0 spiro atoms. The first-order valence-electron chi connectivity index (χ1n) is 3.33. The van der Waals surface area contributed by atoms with Crippen molar-refractivity contribution in [1.29, 1.82) is 5.41 Å². The highest BCUT2D eigenvalue weighted by atomic mass is 35.5. The Morgan fingerprint density at radius 1 is 1.54 bits per heavy atom. The van der Waals surface area contributed by atoms with E-state index in [-0.39, 0.29) is 18.2 Å². The SMILES string of the molecule is COc1ccc(C(=N)N)c(Cl)c1.Cl. The Kier molecular flexibility index (Phi) is 4.59. The third kappa shape index (κ3) is 2.79. The van der Waals surface area contributed by atoms with Crippen molar-refractivity contribution in [2.75, 3.05) is 7.11 Å². The molecule has 0 amide bonds. The Balaban J connectivity index is 0.00000144. The topological polar surface area (TPSA) is 59.1 Å². The summed E-state index contributed by atoms with van der Waals surface area (Å²) < 4.78 is 4.93. The number of benzene rings is 1. The summed E-state index contributed by atoms with van der Waals surface area (Å²) in [7, 11) is 1.55. The maximum Gasteiger partial charge on any atom is 0.124 e. The second-order valence-electron chi connectivity index (χ2n) is 2.26. The molecule has 13 heavy (non-hydrogen) atoms. The van der Waals surface area contributed by atoms with Crippen LogP contribution in [0.4, 0.5) is 0 Å². The lowest BCUT2D eigenvalue weighted by Gasteiger charge is -2.03. The number of hydrogen-bond acceptors (Lipinski definition) is 2. The van der Waals surface area contributed by atoms with Crippen LogP contribution in [-0.2, 0) is 0 Å². The maximum absolute atomic E-state index is 7.16. The van der Waals surface area contributed by atoms with Crippen LogP contribution in [0.25, 0.3) is 0 Å². The lowest BCUT2D eigenvalue weighted by atomic mass is 10.2. The van der Waals surface area contributed by atoms with Gasteiger partial charge < -0.3 is 10.5 Å². The van der Waals surface area contributed by atoms with Crippen LogP contribution in [0.1, 0.15) is 5.56 Å². The van der Waals surface area contributed by atoms with Crippen molar-refractivity contribution >= 4 is 29.8 Å². The minimum absolute atomic E-state index is 0. The fourth-order valence-electron chi connectivity index (χ4n) is 0.841. The second-order valence-corrected chi connectivity index (χ2v) is 2.67. The molecule has 3 N–H and O–H groups in total. The van der Waals surface area contributed by atoms with E-state index in [0.717, 1.165) is 0 Å². The molecule has 0 fully saturated rings. The Bertz CT molecular complexity index is 315. The predicted molar refractivity (Wildman–Crippen MR) is 56.3 cm³/mol. The number of nitrogens with one attached hydrogen (secondary N) is 1. The Labute approximate surface area is 87.8 Å². The third-order valence-corrected chi connectivity index (χ3v) is 1.78. The van der Waals surface area contributed by atoms with Crippen LogP contribution in [0.15, 0.2) is 18.2 Å². The summed E-state index contributed by atoms with van der Waals surface area (Å²) in [6.45, 7) is 0. The molecular weight excluding hydrogens is 211 g/mol. The molecule has 0 heterocycles. The van der Waals surface area contributed by atoms with Gasteiger partial charge in [0.2, 0.25) is 0 Å². The molecule has 0 aliphatic carbocycles. The number of nitrogen functional groups attached to an aromatic ring is 1. The van der Waals surface area contributed by atoms with Gasteiger partial charge in [-0.15, -0.1) is 12.4 Å². The van der Waals surface area contributed by atoms with Crippen LogP contribution >= 0.6 is 24.0 Å². The quantitative estimate of drug-likeness (QED) is 0.593. The summed E-state index contributed by atoms with van der Waals surface area (Å²) in [6, 6.07) is 4.99. The van der Waals surface area contributed by atoms with E-state index >= 15 is 0 Å². The standard InChI is InChI=1S/C8H9ClN2O.ClH/c1-12-5-2-3-6(8(10)11)7(9)4-5;/h2-4H,1H3,(H3,10,11);1H. The fraction of sp³-hybridized carbons (Fsp3) is 0.125. The van der Waals surface area contributed by atoms with Gasteiger partial charge in [-0.05, 0) is 18.2 Å². The number of methoxy groups -OCH3 is 1. The highest BCUT2D eigenvalue weighted by Crippen LogP contribution is 2.21. The molecule has 0 saturated carbocycles. The Morgan fingerprint density at radius 3 is 2.54 bits per heavy atom. The molecule has 0 aromatic heterocycles. The zero-order valence-corrected chi connectivity index (χ0v) is 8.58. The Hall–Kier alpha value is -0.930. The average Bonchev–Trinajstić information content (AvgIpc) is 2.03. The van der Waals surface area contributed by atoms with Crippen molar-refractivity contribution in [3.8, 4) is 5.75 Å². The van der Waals surface area contributed by atoms with Crippen molar-refractivity contribution < 1.29 is 4.74 Å². The van der Waals surface area contributed by atoms with E-state index in [4.69, 9.17) is 27.5 Å². The van der Waals surface area contributed by atoms with Gasteiger partial charge in [0.1, 0.15) is 11.6 Å².